The third kappa shape index (κ3) is 5.87. The Balaban J connectivity index is 1.54. The molecule has 0 atom stereocenters. The van der Waals surface area contributed by atoms with Gasteiger partial charge in [0.15, 0.2) is 0 Å². The van der Waals surface area contributed by atoms with E-state index in [4.69, 9.17) is 0 Å². The van der Waals surface area contributed by atoms with E-state index in [-0.39, 0.29) is 6.54 Å². The summed E-state index contributed by atoms with van der Waals surface area (Å²) < 4.78 is 3.80. The van der Waals surface area contributed by atoms with Crippen molar-refractivity contribution in [1.29, 1.82) is 0 Å². The van der Waals surface area contributed by atoms with Crippen LogP contribution in [0, 0.1) is 0 Å². The minimum absolute atomic E-state index is 0.230. The smallest absolute Gasteiger partial charge is 0.421 e. The number of imidazole rings is 1. The minimum atomic E-state index is -1.16. The van der Waals surface area contributed by atoms with Crippen molar-refractivity contribution in [2.75, 3.05) is 24.3 Å². The van der Waals surface area contributed by atoms with Crippen molar-refractivity contribution >= 4 is 34.7 Å². The summed E-state index contributed by atoms with van der Waals surface area (Å²) in [6, 6.07) is 15.2. The van der Waals surface area contributed by atoms with E-state index >= 15 is 0 Å². The van der Waals surface area contributed by atoms with Crippen molar-refractivity contribution in [3.8, 4) is 0 Å². The lowest BCUT2D eigenvalue weighted by molar-refractivity contribution is -0.657. The number of anilines is 3. The van der Waals surface area contributed by atoms with Crippen molar-refractivity contribution in [2.24, 2.45) is 24.3 Å². The molecule has 0 bridgehead atoms. The Morgan fingerprint density at radius 1 is 1.07 bits per heavy atom. The lowest BCUT2D eigenvalue weighted by Gasteiger charge is -2.19. The van der Waals surface area contributed by atoms with Gasteiger partial charge in [-0.05, 0) is 48.5 Å². The summed E-state index contributed by atoms with van der Waals surface area (Å²) in [6.45, 7) is -0.230. The summed E-state index contributed by atoms with van der Waals surface area (Å²) in [5.41, 5.74) is 9.04. The Morgan fingerprint density at radius 2 is 1.67 bits per heavy atom. The van der Waals surface area contributed by atoms with Crippen LogP contribution in [0.4, 0.5) is 28.7 Å². The second-order valence-corrected chi connectivity index (χ2v) is 6.73. The molecular formula is C20H24N8O2. The molecule has 10 nitrogen and oxygen atoms in total. The highest BCUT2D eigenvalue weighted by atomic mass is 16.4. The first kappa shape index (κ1) is 21.0. The van der Waals surface area contributed by atoms with Crippen LogP contribution in [0.5, 0.6) is 0 Å². The predicted molar refractivity (Wildman–Crippen MR) is 111 cm³/mol. The molecule has 0 saturated heterocycles. The molecule has 2 aromatic carbocycles. The number of carboxylic acids is 1. The second kappa shape index (κ2) is 9.63. The molecule has 156 valence electrons. The number of nitrogens with zero attached hydrogens (tertiary/aromatic N) is 5. The van der Waals surface area contributed by atoms with Crippen LogP contribution < -0.4 is 26.0 Å². The molecule has 0 aliphatic carbocycles. The fourth-order valence-corrected chi connectivity index (χ4v) is 2.63. The SMILES string of the molecule is CN(CC(=O)[O-])NNc1ccc(Nc2ccc(N=Nc3n(C)cc[n+]3C)cc2)cc1. The number of hydrazine groups is 2. The molecule has 3 N–H and O–H groups in total. The van der Waals surface area contributed by atoms with Gasteiger partial charge in [-0.3, -0.25) is 0 Å². The van der Waals surface area contributed by atoms with E-state index in [0.29, 0.717) is 0 Å². The molecule has 0 amide bonds. The second-order valence-electron chi connectivity index (χ2n) is 6.73. The molecule has 0 aliphatic rings. The number of hydrogen-bond acceptors (Lipinski definition) is 8. The first-order valence-corrected chi connectivity index (χ1v) is 9.23. The molecule has 3 rings (SSSR count). The Labute approximate surface area is 174 Å². The largest absolute Gasteiger partial charge is 0.549 e. The van der Waals surface area contributed by atoms with Crippen LogP contribution >= 0.6 is 0 Å². The number of carbonyl (C=O) groups is 1. The van der Waals surface area contributed by atoms with Crippen molar-refractivity contribution < 1.29 is 14.5 Å². The average Bonchev–Trinajstić information content (AvgIpc) is 3.04. The zero-order valence-electron chi connectivity index (χ0n) is 17.0. The predicted octanol–water partition coefficient (Wildman–Crippen LogP) is 1.52. The lowest BCUT2D eigenvalue weighted by atomic mass is 10.2. The number of carbonyl (C=O) groups excluding carboxylic acids is 1. The summed E-state index contributed by atoms with van der Waals surface area (Å²) in [5.74, 6) is -0.404. The molecule has 1 aromatic heterocycles. The Bertz CT molecular complexity index is 993. The first-order valence-electron chi connectivity index (χ1n) is 9.23. The number of carboxylic acid groups (broad SMARTS) is 1. The summed E-state index contributed by atoms with van der Waals surface area (Å²) in [5, 5.41) is 23.8. The highest BCUT2D eigenvalue weighted by Crippen LogP contribution is 2.22. The number of nitrogens with one attached hydrogen (secondary N) is 3. The summed E-state index contributed by atoms with van der Waals surface area (Å²) >= 11 is 0. The molecule has 0 radical (unpaired) electrons. The van der Waals surface area contributed by atoms with E-state index in [1.165, 1.54) is 5.01 Å². The quantitative estimate of drug-likeness (QED) is 0.281. The maximum Gasteiger partial charge on any atom is 0.421 e. The number of benzene rings is 2. The number of aliphatic carboxylic acids is 1. The zero-order valence-corrected chi connectivity index (χ0v) is 17.0. The maximum atomic E-state index is 10.5. The molecule has 0 saturated carbocycles. The van der Waals surface area contributed by atoms with Crippen LogP contribution in [0.1, 0.15) is 0 Å². The number of aryl methyl sites for hydroxylation is 2. The van der Waals surface area contributed by atoms with Crippen molar-refractivity contribution in [2.45, 2.75) is 0 Å². The Kier molecular flexibility index (Phi) is 6.73. The van der Waals surface area contributed by atoms with Gasteiger partial charge in [-0.1, -0.05) is 5.11 Å². The summed E-state index contributed by atoms with van der Waals surface area (Å²) in [6.07, 6.45) is 3.84. The molecule has 1 heterocycles. The maximum absolute atomic E-state index is 10.5. The van der Waals surface area contributed by atoms with Crippen molar-refractivity contribution in [1.82, 2.24) is 15.1 Å². The molecule has 10 heteroatoms. The number of azo groups is 1. The monoisotopic (exact) mass is 408 g/mol. The van der Waals surface area contributed by atoms with Gasteiger partial charge in [0.2, 0.25) is 0 Å². The standard InChI is InChI=1S/C20H24N8O2/c1-26-12-13-27(2)20(26)24-22-17-8-4-15(5-9-17)21-16-6-10-18(11-7-16)23-25-28(3)14-19(29)30/h4-13H,14H2,1-3H3,(H3,21,22,23,25,29,30). The third-order valence-electron chi connectivity index (χ3n) is 4.20. The van der Waals surface area contributed by atoms with Crippen LogP contribution in [0.2, 0.25) is 0 Å². The van der Waals surface area contributed by atoms with Crippen LogP contribution in [-0.4, -0.2) is 29.1 Å². The van der Waals surface area contributed by atoms with Gasteiger partial charge in [-0.15, -0.1) is 0 Å². The van der Waals surface area contributed by atoms with Crippen LogP contribution in [0.15, 0.2) is 71.2 Å². The first-order chi connectivity index (χ1) is 14.4. The minimum Gasteiger partial charge on any atom is -0.549 e. The van der Waals surface area contributed by atoms with Crippen molar-refractivity contribution in [3.05, 3.63) is 60.9 Å². The number of rotatable bonds is 9. The molecule has 3 aromatic rings. The number of likely N-dealkylation sites (N-methyl/N-ethyl adjacent to an activating group) is 1. The molecule has 0 spiro atoms. The van der Waals surface area contributed by atoms with E-state index in [0.717, 1.165) is 28.7 Å². The van der Waals surface area contributed by atoms with Crippen LogP contribution in [0.25, 0.3) is 0 Å². The molecule has 30 heavy (non-hydrogen) atoms. The van der Waals surface area contributed by atoms with Crippen LogP contribution in [-0.2, 0) is 18.9 Å². The Morgan fingerprint density at radius 3 is 2.23 bits per heavy atom. The van der Waals surface area contributed by atoms with Gasteiger partial charge in [0.1, 0.15) is 5.69 Å². The highest BCUT2D eigenvalue weighted by Gasteiger charge is 2.10. The number of hydrogen-bond donors (Lipinski definition) is 3. The lowest BCUT2D eigenvalue weighted by Crippen LogP contribution is -2.45. The molecule has 0 unspecified atom stereocenters. The van der Waals surface area contributed by atoms with Gasteiger partial charge < -0.3 is 20.6 Å². The average molecular weight is 408 g/mol. The zero-order chi connectivity index (χ0) is 21.5. The van der Waals surface area contributed by atoms with Gasteiger partial charge in [-0.25, -0.2) is 14.1 Å². The van der Waals surface area contributed by atoms with E-state index in [1.54, 1.807) is 7.05 Å². The van der Waals surface area contributed by atoms with E-state index in [2.05, 4.69) is 26.5 Å². The van der Waals surface area contributed by atoms with E-state index in [1.807, 2.05) is 84.2 Å². The van der Waals surface area contributed by atoms with E-state index in [9.17, 15) is 9.90 Å². The van der Waals surface area contributed by atoms with Crippen molar-refractivity contribution in [3.63, 3.8) is 0 Å². The van der Waals surface area contributed by atoms with E-state index < -0.39 is 5.97 Å². The topological polar surface area (TPSA) is 113 Å². The van der Waals surface area contributed by atoms with Gasteiger partial charge in [0.05, 0.1) is 44.7 Å². The van der Waals surface area contributed by atoms with Gasteiger partial charge in [0.25, 0.3) is 0 Å². The summed E-state index contributed by atoms with van der Waals surface area (Å²) in [4.78, 5) is 10.5. The van der Waals surface area contributed by atoms with Gasteiger partial charge >= 0.3 is 5.95 Å². The fraction of sp³-hybridized carbons (Fsp3) is 0.200. The highest BCUT2D eigenvalue weighted by molar-refractivity contribution is 5.66. The molecule has 0 aliphatic heterocycles. The normalized spacial score (nSPS) is 11.2. The Hall–Kier alpha value is -3.76. The van der Waals surface area contributed by atoms with Gasteiger partial charge in [-0.2, -0.15) is 5.53 Å². The third-order valence-corrected chi connectivity index (χ3v) is 4.20. The van der Waals surface area contributed by atoms with Gasteiger partial charge in [0, 0.05) is 23.5 Å². The molecule has 0 fully saturated rings. The fourth-order valence-electron chi connectivity index (χ4n) is 2.63. The van der Waals surface area contributed by atoms with Crippen LogP contribution in [0.3, 0.4) is 0 Å². The molecular weight excluding hydrogens is 384 g/mol. The summed E-state index contributed by atoms with van der Waals surface area (Å²) in [7, 11) is 5.44. The number of aromatic nitrogens is 2.